The molecule has 176 valence electrons. The van der Waals surface area contributed by atoms with E-state index in [1.165, 1.54) is 25.3 Å². The number of nitrogens with zero attached hydrogens (tertiary/aromatic N) is 2. The van der Waals surface area contributed by atoms with E-state index in [4.69, 9.17) is 44.3 Å². The molecule has 2 aliphatic rings. The van der Waals surface area contributed by atoms with Crippen LogP contribution in [0.3, 0.4) is 0 Å². The van der Waals surface area contributed by atoms with Crippen LogP contribution in [0.25, 0.3) is 6.08 Å². The first-order chi connectivity index (χ1) is 16.0. The van der Waals surface area contributed by atoms with Crippen LogP contribution in [0.1, 0.15) is 30.4 Å². The SMILES string of the molecule is COc1cc2c(cc1OCCN1CCCCC1)N(C(=O)/C=C/c1c(Cl)ccc(Cl)c1Cl)CC2. The Morgan fingerprint density at radius 3 is 2.55 bits per heavy atom. The standard InChI is InChI=1S/C25H27Cl3N2O3/c1-32-22-15-17-9-12-30(24(31)8-5-18-19(26)6-7-20(27)25(18)28)21(17)16-23(22)33-14-13-29-10-3-2-4-11-29/h5-8,15-16H,2-4,9-14H2,1H3/b8-5+. The summed E-state index contributed by atoms with van der Waals surface area (Å²) in [6, 6.07) is 7.16. The molecule has 0 saturated carbocycles. The van der Waals surface area contributed by atoms with Gasteiger partial charge in [-0.15, -0.1) is 0 Å². The molecule has 8 heteroatoms. The van der Waals surface area contributed by atoms with E-state index in [-0.39, 0.29) is 5.91 Å². The lowest BCUT2D eigenvalue weighted by Gasteiger charge is -2.26. The molecule has 4 rings (SSSR count). The maximum Gasteiger partial charge on any atom is 0.251 e. The number of anilines is 1. The molecule has 0 bridgehead atoms. The maximum atomic E-state index is 13.0. The van der Waals surface area contributed by atoms with Crippen molar-refractivity contribution in [3.05, 3.63) is 56.5 Å². The Morgan fingerprint density at radius 1 is 1.03 bits per heavy atom. The Hall–Kier alpha value is -1.92. The van der Waals surface area contributed by atoms with Gasteiger partial charge in [0.05, 0.1) is 22.8 Å². The molecule has 0 atom stereocenters. The van der Waals surface area contributed by atoms with Gasteiger partial charge in [0.15, 0.2) is 11.5 Å². The summed E-state index contributed by atoms with van der Waals surface area (Å²) in [5.41, 5.74) is 2.41. The maximum absolute atomic E-state index is 13.0. The highest BCUT2D eigenvalue weighted by molar-refractivity contribution is 6.44. The molecule has 1 fully saturated rings. The first-order valence-corrected chi connectivity index (χ1v) is 12.3. The topological polar surface area (TPSA) is 42.0 Å². The van der Waals surface area contributed by atoms with Crippen molar-refractivity contribution in [2.24, 2.45) is 0 Å². The first-order valence-electron chi connectivity index (χ1n) is 11.2. The number of carbonyl (C=O) groups is 1. The molecule has 0 aliphatic carbocycles. The summed E-state index contributed by atoms with van der Waals surface area (Å²) < 4.78 is 11.6. The number of benzene rings is 2. The zero-order valence-electron chi connectivity index (χ0n) is 18.6. The van der Waals surface area contributed by atoms with Gasteiger partial charge in [-0.05, 0) is 62.2 Å². The molecule has 2 aromatic carbocycles. The fourth-order valence-electron chi connectivity index (χ4n) is 4.30. The van der Waals surface area contributed by atoms with Gasteiger partial charge in [0.1, 0.15) is 6.61 Å². The number of piperidine rings is 1. The summed E-state index contributed by atoms with van der Waals surface area (Å²) in [4.78, 5) is 17.2. The van der Waals surface area contributed by atoms with E-state index in [2.05, 4.69) is 4.90 Å². The second-order valence-electron chi connectivity index (χ2n) is 8.21. The lowest BCUT2D eigenvalue weighted by Crippen LogP contribution is -2.33. The van der Waals surface area contributed by atoms with Gasteiger partial charge in [-0.3, -0.25) is 9.69 Å². The quantitative estimate of drug-likeness (QED) is 0.333. The average Bonchev–Trinajstić information content (AvgIpc) is 3.24. The van der Waals surface area contributed by atoms with Gasteiger partial charge in [-0.25, -0.2) is 0 Å². The molecule has 2 aliphatic heterocycles. The fraction of sp³-hybridized carbons (Fsp3) is 0.400. The molecule has 0 aromatic heterocycles. The smallest absolute Gasteiger partial charge is 0.251 e. The Kier molecular flexibility index (Phi) is 8.07. The van der Waals surface area contributed by atoms with Gasteiger partial charge in [0.2, 0.25) is 0 Å². The summed E-state index contributed by atoms with van der Waals surface area (Å²) in [6.07, 6.45) is 7.63. The fourth-order valence-corrected chi connectivity index (χ4v) is 4.97. The van der Waals surface area contributed by atoms with E-state index in [0.29, 0.717) is 45.3 Å². The van der Waals surface area contributed by atoms with Crippen molar-refractivity contribution in [2.45, 2.75) is 25.7 Å². The van der Waals surface area contributed by atoms with E-state index >= 15 is 0 Å². The lowest BCUT2D eigenvalue weighted by molar-refractivity contribution is -0.114. The number of hydrogen-bond donors (Lipinski definition) is 0. The summed E-state index contributed by atoms with van der Waals surface area (Å²) in [5.74, 6) is 1.18. The number of rotatable bonds is 7. The molecule has 0 spiro atoms. The molecular weight excluding hydrogens is 483 g/mol. The second kappa shape index (κ2) is 11.0. The van der Waals surface area contributed by atoms with Crippen molar-refractivity contribution in [1.29, 1.82) is 0 Å². The average molecular weight is 510 g/mol. The largest absolute Gasteiger partial charge is 0.493 e. The van der Waals surface area contributed by atoms with Crippen LogP contribution in [0.2, 0.25) is 15.1 Å². The Balaban J connectivity index is 1.49. The van der Waals surface area contributed by atoms with Gasteiger partial charge in [0.25, 0.3) is 5.91 Å². The van der Waals surface area contributed by atoms with E-state index in [1.54, 1.807) is 30.2 Å². The van der Waals surface area contributed by atoms with Gasteiger partial charge in [-0.2, -0.15) is 0 Å². The van der Waals surface area contributed by atoms with E-state index in [9.17, 15) is 4.79 Å². The van der Waals surface area contributed by atoms with Crippen molar-refractivity contribution in [3.8, 4) is 11.5 Å². The second-order valence-corrected chi connectivity index (χ2v) is 9.40. The van der Waals surface area contributed by atoms with Crippen molar-refractivity contribution in [3.63, 3.8) is 0 Å². The van der Waals surface area contributed by atoms with Crippen molar-refractivity contribution in [1.82, 2.24) is 4.90 Å². The summed E-state index contributed by atoms with van der Waals surface area (Å²) >= 11 is 18.6. The summed E-state index contributed by atoms with van der Waals surface area (Å²) in [6.45, 7) is 4.29. The minimum Gasteiger partial charge on any atom is -0.493 e. The lowest BCUT2D eigenvalue weighted by atomic mass is 10.1. The molecule has 0 unspecified atom stereocenters. The van der Waals surface area contributed by atoms with E-state index in [0.717, 1.165) is 37.3 Å². The molecule has 0 radical (unpaired) electrons. The first kappa shape index (κ1) is 24.2. The van der Waals surface area contributed by atoms with Crippen LogP contribution >= 0.6 is 34.8 Å². The molecule has 2 heterocycles. The third-order valence-corrected chi connectivity index (χ3v) is 7.26. The number of carbonyl (C=O) groups excluding carboxylic acids is 1. The van der Waals surface area contributed by atoms with Crippen LogP contribution in [0.4, 0.5) is 5.69 Å². The zero-order chi connectivity index (χ0) is 23.4. The molecule has 2 aromatic rings. The molecule has 1 amide bonds. The normalized spacial score (nSPS) is 16.3. The van der Waals surface area contributed by atoms with Gasteiger partial charge >= 0.3 is 0 Å². The van der Waals surface area contributed by atoms with Crippen LogP contribution in [0, 0.1) is 0 Å². The molecule has 1 saturated heterocycles. The van der Waals surface area contributed by atoms with Crippen molar-refractivity contribution < 1.29 is 14.3 Å². The van der Waals surface area contributed by atoms with Gasteiger partial charge in [0, 0.05) is 35.8 Å². The number of likely N-dealkylation sites (tertiary alicyclic amines) is 1. The highest BCUT2D eigenvalue weighted by atomic mass is 35.5. The summed E-state index contributed by atoms with van der Waals surface area (Å²) in [5, 5.41) is 1.15. The third-order valence-electron chi connectivity index (χ3n) is 6.11. The van der Waals surface area contributed by atoms with Crippen LogP contribution in [0.5, 0.6) is 11.5 Å². The molecule has 5 nitrogen and oxygen atoms in total. The Labute approximate surface area is 209 Å². The van der Waals surface area contributed by atoms with Crippen molar-refractivity contribution >= 4 is 52.5 Å². The number of fused-ring (bicyclic) bond motifs is 1. The monoisotopic (exact) mass is 508 g/mol. The van der Waals surface area contributed by atoms with Gasteiger partial charge < -0.3 is 14.4 Å². The highest BCUT2D eigenvalue weighted by Gasteiger charge is 2.26. The molecular formula is C25H27Cl3N2O3. The minimum atomic E-state index is -0.162. The Bertz CT molecular complexity index is 1050. The van der Waals surface area contributed by atoms with Crippen molar-refractivity contribution in [2.75, 3.05) is 44.8 Å². The Morgan fingerprint density at radius 2 is 1.79 bits per heavy atom. The summed E-state index contributed by atoms with van der Waals surface area (Å²) in [7, 11) is 1.64. The van der Waals surface area contributed by atoms with Crippen LogP contribution in [0.15, 0.2) is 30.3 Å². The van der Waals surface area contributed by atoms with Crippen LogP contribution < -0.4 is 14.4 Å². The molecule has 33 heavy (non-hydrogen) atoms. The number of ether oxygens (including phenoxy) is 2. The van der Waals surface area contributed by atoms with Crippen LogP contribution in [-0.4, -0.2) is 50.7 Å². The van der Waals surface area contributed by atoms with E-state index in [1.807, 2.05) is 12.1 Å². The zero-order valence-corrected chi connectivity index (χ0v) is 20.8. The van der Waals surface area contributed by atoms with Gasteiger partial charge in [-0.1, -0.05) is 41.2 Å². The minimum absolute atomic E-state index is 0.162. The highest BCUT2D eigenvalue weighted by Crippen LogP contribution is 2.39. The number of hydrogen-bond acceptors (Lipinski definition) is 4. The predicted molar refractivity (Wildman–Crippen MR) is 135 cm³/mol. The number of methoxy groups -OCH3 is 1. The predicted octanol–water partition coefficient (Wildman–Crippen LogP) is 6.12. The molecule has 0 N–H and O–H groups in total. The van der Waals surface area contributed by atoms with E-state index < -0.39 is 0 Å². The van der Waals surface area contributed by atoms with Crippen LogP contribution in [-0.2, 0) is 11.2 Å². The number of halogens is 3. The third kappa shape index (κ3) is 5.60. The number of amides is 1.